The summed E-state index contributed by atoms with van der Waals surface area (Å²) in [6.07, 6.45) is 2.53. The van der Waals surface area contributed by atoms with E-state index in [1.807, 2.05) is 6.92 Å². The van der Waals surface area contributed by atoms with E-state index in [1.165, 1.54) is 0 Å². The number of hydrogen-bond donors (Lipinski definition) is 3. The molecule has 0 saturated heterocycles. The molecule has 1 unspecified atom stereocenters. The third kappa shape index (κ3) is 4.47. The molecule has 1 heterocycles. The molecule has 8 heteroatoms. The maximum Gasteiger partial charge on any atom is 0.342 e. The fourth-order valence-electron chi connectivity index (χ4n) is 1.62. The third-order valence-corrected chi connectivity index (χ3v) is 2.80. The summed E-state index contributed by atoms with van der Waals surface area (Å²) >= 11 is 0. The first-order valence-corrected chi connectivity index (χ1v) is 6.18. The van der Waals surface area contributed by atoms with Gasteiger partial charge in [-0.15, -0.1) is 0 Å². The van der Waals surface area contributed by atoms with Gasteiger partial charge in [0, 0.05) is 19.2 Å². The number of nitrogens with zero attached hydrogens (tertiary/aromatic N) is 2. The van der Waals surface area contributed by atoms with Crippen LogP contribution in [0, 0.1) is 16.0 Å². The van der Waals surface area contributed by atoms with Crippen LogP contribution in [0.1, 0.15) is 30.1 Å². The van der Waals surface area contributed by atoms with Gasteiger partial charge in [-0.05, 0) is 18.8 Å². The normalized spacial score (nSPS) is 11.9. The van der Waals surface area contributed by atoms with E-state index in [0.29, 0.717) is 6.54 Å². The zero-order valence-corrected chi connectivity index (χ0v) is 11.1. The molecule has 0 fully saturated rings. The molecule has 20 heavy (non-hydrogen) atoms. The molecule has 1 atom stereocenters. The number of carboxylic acid groups (broad SMARTS) is 1. The number of rotatable bonds is 8. The van der Waals surface area contributed by atoms with E-state index in [1.54, 1.807) is 0 Å². The number of aliphatic hydroxyl groups excluding tert-OH is 1. The van der Waals surface area contributed by atoms with Gasteiger partial charge < -0.3 is 15.5 Å². The van der Waals surface area contributed by atoms with Crippen molar-refractivity contribution in [1.82, 2.24) is 4.98 Å². The average molecular weight is 283 g/mol. The minimum Gasteiger partial charge on any atom is -0.477 e. The number of nitro groups is 1. The Bertz CT molecular complexity index is 492. The van der Waals surface area contributed by atoms with E-state index < -0.39 is 22.1 Å². The molecule has 110 valence electrons. The van der Waals surface area contributed by atoms with E-state index in [9.17, 15) is 14.9 Å². The van der Waals surface area contributed by atoms with Crippen LogP contribution in [-0.2, 0) is 0 Å². The van der Waals surface area contributed by atoms with E-state index in [-0.39, 0.29) is 18.3 Å². The topological polar surface area (TPSA) is 126 Å². The Labute approximate surface area is 115 Å². The largest absolute Gasteiger partial charge is 0.477 e. The highest BCUT2D eigenvalue weighted by atomic mass is 16.6. The third-order valence-electron chi connectivity index (χ3n) is 2.80. The second kappa shape index (κ2) is 7.39. The minimum absolute atomic E-state index is 0.124. The van der Waals surface area contributed by atoms with Crippen LogP contribution in [0.25, 0.3) is 0 Å². The summed E-state index contributed by atoms with van der Waals surface area (Å²) in [6, 6.07) is 1.15. The predicted molar refractivity (Wildman–Crippen MR) is 71.8 cm³/mol. The zero-order valence-electron chi connectivity index (χ0n) is 11.1. The van der Waals surface area contributed by atoms with Gasteiger partial charge in [0.15, 0.2) is 0 Å². The quantitative estimate of drug-likeness (QED) is 0.375. The molecule has 0 spiro atoms. The van der Waals surface area contributed by atoms with Crippen LogP contribution in [0.3, 0.4) is 0 Å². The number of nitrogens with one attached hydrogen (secondary N) is 1. The van der Waals surface area contributed by atoms with Crippen LogP contribution in [0.2, 0.25) is 0 Å². The summed E-state index contributed by atoms with van der Waals surface area (Å²) in [5.41, 5.74) is -0.923. The Morgan fingerprint density at radius 1 is 1.60 bits per heavy atom. The molecule has 0 aliphatic heterocycles. The molecule has 0 radical (unpaired) electrons. The number of aromatic nitrogens is 1. The molecule has 0 saturated carbocycles. The Morgan fingerprint density at radius 2 is 2.30 bits per heavy atom. The van der Waals surface area contributed by atoms with Crippen molar-refractivity contribution < 1.29 is 19.9 Å². The number of anilines is 1. The first kappa shape index (κ1) is 15.8. The monoisotopic (exact) mass is 283 g/mol. The Kier molecular flexibility index (Phi) is 5.85. The van der Waals surface area contributed by atoms with Gasteiger partial charge >= 0.3 is 11.7 Å². The fraction of sp³-hybridized carbons (Fsp3) is 0.500. The van der Waals surface area contributed by atoms with Gasteiger partial charge in [-0.2, -0.15) is 0 Å². The fourth-order valence-corrected chi connectivity index (χ4v) is 1.62. The van der Waals surface area contributed by atoms with Gasteiger partial charge in [-0.3, -0.25) is 10.1 Å². The van der Waals surface area contributed by atoms with Gasteiger partial charge in [0.1, 0.15) is 17.6 Å². The van der Waals surface area contributed by atoms with Crippen LogP contribution >= 0.6 is 0 Å². The molecular weight excluding hydrogens is 266 g/mol. The summed E-state index contributed by atoms with van der Waals surface area (Å²) in [4.78, 5) is 24.7. The predicted octanol–water partition coefficient (Wildman–Crippen LogP) is 1.51. The SMILES string of the molecule is CC(CO)CCCNc1cc(C(=O)O)c([N+](=O)[O-])cn1. The summed E-state index contributed by atoms with van der Waals surface area (Å²) in [6.45, 7) is 2.60. The Hall–Kier alpha value is -2.22. The lowest BCUT2D eigenvalue weighted by Crippen LogP contribution is -2.09. The van der Waals surface area contributed by atoms with Crippen molar-refractivity contribution in [3.63, 3.8) is 0 Å². The van der Waals surface area contributed by atoms with E-state index in [2.05, 4.69) is 10.3 Å². The Morgan fingerprint density at radius 3 is 2.85 bits per heavy atom. The molecule has 0 aliphatic carbocycles. The number of carboxylic acids is 1. The van der Waals surface area contributed by atoms with Crippen molar-refractivity contribution >= 4 is 17.5 Å². The van der Waals surface area contributed by atoms with Crippen LogP contribution in [0.5, 0.6) is 0 Å². The highest BCUT2D eigenvalue weighted by molar-refractivity contribution is 5.93. The molecule has 1 rings (SSSR count). The molecule has 8 nitrogen and oxygen atoms in total. The molecule has 1 aromatic rings. The van der Waals surface area contributed by atoms with Gasteiger partial charge in [0.25, 0.3) is 0 Å². The van der Waals surface area contributed by atoms with Crippen molar-refractivity contribution in [2.45, 2.75) is 19.8 Å². The Balaban J connectivity index is 2.66. The van der Waals surface area contributed by atoms with Crippen molar-refractivity contribution in [3.05, 3.63) is 27.9 Å². The smallest absolute Gasteiger partial charge is 0.342 e. The number of aromatic carboxylic acids is 1. The number of pyridine rings is 1. The minimum atomic E-state index is -1.36. The average Bonchev–Trinajstić information content (AvgIpc) is 2.42. The van der Waals surface area contributed by atoms with Crippen LogP contribution in [0.4, 0.5) is 11.5 Å². The second-order valence-corrected chi connectivity index (χ2v) is 4.51. The lowest BCUT2D eigenvalue weighted by molar-refractivity contribution is -0.385. The summed E-state index contributed by atoms with van der Waals surface area (Å²) in [5.74, 6) is -0.878. The first-order chi connectivity index (χ1) is 9.45. The van der Waals surface area contributed by atoms with Crippen molar-refractivity contribution in [2.24, 2.45) is 5.92 Å². The number of carbonyl (C=O) groups is 1. The first-order valence-electron chi connectivity index (χ1n) is 6.18. The summed E-state index contributed by atoms with van der Waals surface area (Å²) < 4.78 is 0. The van der Waals surface area contributed by atoms with Crippen molar-refractivity contribution in [3.8, 4) is 0 Å². The molecule has 1 aromatic heterocycles. The van der Waals surface area contributed by atoms with Crippen molar-refractivity contribution in [2.75, 3.05) is 18.5 Å². The van der Waals surface area contributed by atoms with Crippen LogP contribution < -0.4 is 5.32 Å². The highest BCUT2D eigenvalue weighted by Gasteiger charge is 2.20. The maximum absolute atomic E-state index is 10.9. The number of hydrogen-bond acceptors (Lipinski definition) is 6. The lowest BCUT2D eigenvalue weighted by atomic mass is 10.1. The van der Waals surface area contributed by atoms with E-state index in [4.69, 9.17) is 10.2 Å². The lowest BCUT2D eigenvalue weighted by Gasteiger charge is -2.09. The summed E-state index contributed by atoms with van der Waals surface area (Å²) in [7, 11) is 0. The number of aliphatic hydroxyl groups is 1. The second-order valence-electron chi connectivity index (χ2n) is 4.51. The molecule has 0 aliphatic rings. The van der Waals surface area contributed by atoms with Gasteiger partial charge in [-0.1, -0.05) is 6.92 Å². The molecule has 3 N–H and O–H groups in total. The van der Waals surface area contributed by atoms with E-state index >= 15 is 0 Å². The molecular formula is C12H17N3O5. The highest BCUT2D eigenvalue weighted by Crippen LogP contribution is 2.20. The maximum atomic E-state index is 10.9. The van der Waals surface area contributed by atoms with Crippen molar-refractivity contribution in [1.29, 1.82) is 0 Å². The molecule has 0 amide bonds. The molecule has 0 aromatic carbocycles. The van der Waals surface area contributed by atoms with Gasteiger partial charge in [0.2, 0.25) is 0 Å². The van der Waals surface area contributed by atoms with Crippen LogP contribution in [0.15, 0.2) is 12.3 Å². The zero-order chi connectivity index (χ0) is 15.1. The molecule has 0 bridgehead atoms. The summed E-state index contributed by atoms with van der Waals surface area (Å²) in [5, 5.41) is 31.4. The van der Waals surface area contributed by atoms with Gasteiger partial charge in [0.05, 0.1) is 4.92 Å². The standard InChI is InChI=1S/C12H17N3O5/c1-8(7-16)3-2-4-13-11-5-9(12(17)18)10(6-14-11)15(19)20/h5-6,8,16H,2-4,7H2,1H3,(H,13,14)(H,17,18). The van der Waals surface area contributed by atoms with E-state index in [0.717, 1.165) is 25.1 Å². The van der Waals surface area contributed by atoms with Gasteiger partial charge in [-0.25, -0.2) is 9.78 Å². The van der Waals surface area contributed by atoms with Crippen LogP contribution in [-0.4, -0.2) is 39.2 Å².